The lowest BCUT2D eigenvalue weighted by atomic mass is 10.0. The molecule has 2 aliphatic heterocycles. The molecule has 0 spiro atoms. The fourth-order valence-electron chi connectivity index (χ4n) is 4.26. The number of carbonyl (C=O) groups excluding carboxylic acids is 2. The smallest absolute Gasteiger partial charge is 0.245 e. The van der Waals surface area contributed by atoms with Gasteiger partial charge in [-0.3, -0.25) is 14.3 Å². The minimum absolute atomic E-state index is 0.130. The Kier molecular flexibility index (Phi) is 7.83. The number of amides is 2. The first-order chi connectivity index (χ1) is 16.7. The Morgan fingerprint density at radius 2 is 1.74 bits per heavy atom. The van der Waals surface area contributed by atoms with Gasteiger partial charge in [0.15, 0.2) is 0 Å². The van der Waals surface area contributed by atoms with Crippen LogP contribution in [0.3, 0.4) is 0 Å². The maximum absolute atomic E-state index is 13.5. The number of rotatable bonds is 8. The predicted octanol–water partition coefficient (Wildman–Crippen LogP) is 1.45. The van der Waals surface area contributed by atoms with Crippen LogP contribution in [-0.2, 0) is 26.0 Å². The molecule has 2 heterocycles. The highest BCUT2D eigenvalue weighted by Crippen LogP contribution is 2.27. The summed E-state index contributed by atoms with van der Waals surface area (Å²) in [5.74, 6) is -0.294. The van der Waals surface area contributed by atoms with Crippen molar-refractivity contribution in [3.8, 4) is 0 Å². The van der Waals surface area contributed by atoms with Crippen molar-refractivity contribution < 1.29 is 18.0 Å². The second-order valence-electron chi connectivity index (χ2n) is 8.89. The van der Waals surface area contributed by atoms with Gasteiger partial charge in [0.1, 0.15) is 6.04 Å². The molecule has 2 atom stereocenters. The van der Waals surface area contributed by atoms with Gasteiger partial charge in [0.25, 0.3) is 0 Å². The number of para-hydroxylation sites is 2. The summed E-state index contributed by atoms with van der Waals surface area (Å²) in [7, 11) is -3.42. The lowest BCUT2D eigenvalue weighted by Crippen LogP contribution is -2.60. The number of hydrogen-bond acceptors (Lipinski definition) is 6. The van der Waals surface area contributed by atoms with Crippen LogP contribution in [0, 0.1) is 0 Å². The number of benzene rings is 2. The van der Waals surface area contributed by atoms with Gasteiger partial charge in [-0.15, -0.1) is 0 Å². The Morgan fingerprint density at radius 3 is 2.34 bits per heavy atom. The Hall–Kier alpha value is -2.82. The first kappa shape index (κ1) is 25.3. The van der Waals surface area contributed by atoms with E-state index < -0.39 is 16.1 Å². The van der Waals surface area contributed by atoms with E-state index in [1.165, 1.54) is 0 Å². The molecule has 2 unspecified atom stereocenters. The van der Waals surface area contributed by atoms with Gasteiger partial charge in [0.2, 0.25) is 21.8 Å². The van der Waals surface area contributed by atoms with Crippen molar-refractivity contribution in [3.63, 3.8) is 0 Å². The normalized spacial score (nSPS) is 19.0. The third-order valence-corrected chi connectivity index (χ3v) is 7.08. The molecule has 2 fully saturated rings. The number of hydrogen-bond donors (Lipinski definition) is 3. The average Bonchev–Trinajstić information content (AvgIpc) is 2.78. The summed E-state index contributed by atoms with van der Waals surface area (Å²) in [6, 6.07) is 13.5. The largest absolute Gasteiger partial charge is 0.366 e. The summed E-state index contributed by atoms with van der Waals surface area (Å²) in [5, 5.41) is 6.63. The van der Waals surface area contributed by atoms with E-state index in [2.05, 4.69) is 20.3 Å². The Labute approximate surface area is 210 Å². The molecular formula is C24H30ClN5O4S. The van der Waals surface area contributed by atoms with Crippen molar-refractivity contribution in [2.75, 3.05) is 48.6 Å². The van der Waals surface area contributed by atoms with Crippen LogP contribution in [0.25, 0.3) is 0 Å². The summed E-state index contributed by atoms with van der Waals surface area (Å²) >= 11 is 6.00. The summed E-state index contributed by atoms with van der Waals surface area (Å²) in [5.41, 5.74) is 2.19. The number of piperazine rings is 1. The van der Waals surface area contributed by atoms with Crippen LogP contribution in [0.2, 0.25) is 5.02 Å². The van der Waals surface area contributed by atoms with E-state index in [4.69, 9.17) is 11.6 Å². The molecule has 4 rings (SSSR count). The molecule has 0 bridgehead atoms. The third-order valence-electron chi connectivity index (χ3n) is 6.24. The fraction of sp³-hybridized carbons (Fsp3) is 0.417. The summed E-state index contributed by atoms with van der Waals surface area (Å²) in [6.07, 6.45) is 2.25. The zero-order chi connectivity index (χ0) is 25.0. The minimum atomic E-state index is -3.42. The number of sulfonamides is 1. The zero-order valence-electron chi connectivity index (χ0n) is 19.5. The standard InChI is InChI=1S/C24H30ClN5O4S/c1-35(33,34)28-19-4-2-3-5-22(19)29-12-14-30(15-13-29)24(32)21(27-23(31)20-10-11-26-20)16-17-6-8-18(25)9-7-17/h2-9,20-21,26,28H,10-16H2,1H3,(H,27,31). The maximum atomic E-state index is 13.5. The molecule has 0 saturated carbocycles. The van der Waals surface area contributed by atoms with E-state index in [-0.39, 0.29) is 17.9 Å². The molecule has 2 aliphatic rings. The lowest BCUT2D eigenvalue weighted by molar-refractivity contribution is -0.137. The van der Waals surface area contributed by atoms with Crippen LogP contribution in [0.5, 0.6) is 0 Å². The molecule has 188 valence electrons. The van der Waals surface area contributed by atoms with Crippen molar-refractivity contribution in [1.29, 1.82) is 0 Å². The van der Waals surface area contributed by atoms with Crippen molar-refractivity contribution in [2.45, 2.75) is 24.9 Å². The van der Waals surface area contributed by atoms with E-state index in [0.29, 0.717) is 43.3 Å². The SMILES string of the molecule is CS(=O)(=O)Nc1ccccc1N1CCN(C(=O)C(Cc2ccc(Cl)cc2)NC(=O)C2CCN2)CC1. The number of nitrogens with one attached hydrogen (secondary N) is 3. The average molecular weight is 520 g/mol. The molecule has 2 saturated heterocycles. The molecule has 35 heavy (non-hydrogen) atoms. The van der Waals surface area contributed by atoms with Crippen LogP contribution in [0.4, 0.5) is 11.4 Å². The number of halogens is 1. The van der Waals surface area contributed by atoms with Gasteiger partial charge in [0.05, 0.1) is 23.7 Å². The monoisotopic (exact) mass is 519 g/mol. The predicted molar refractivity (Wildman–Crippen MR) is 137 cm³/mol. The van der Waals surface area contributed by atoms with E-state index in [1.807, 2.05) is 24.3 Å². The van der Waals surface area contributed by atoms with Crippen molar-refractivity contribution in [3.05, 3.63) is 59.1 Å². The number of anilines is 2. The second-order valence-corrected chi connectivity index (χ2v) is 11.1. The van der Waals surface area contributed by atoms with Crippen molar-refractivity contribution in [2.24, 2.45) is 0 Å². The summed E-state index contributed by atoms with van der Waals surface area (Å²) in [6.45, 7) is 2.80. The van der Waals surface area contributed by atoms with Gasteiger partial charge in [-0.2, -0.15) is 0 Å². The molecule has 2 aromatic carbocycles. The maximum Gasteiger partial charge on any atom is 0.245 e. The van der Waals surface area contributed by atoms with Crippen LogP contribution in [0.15, 0.2) is 48.5 Å². The Balaban J connectivity index is 1.44. The molecule has 0 aromatic heterocycles. The molecule has 11 heteroatoms. The van der Waals surface area contributed by atoms with Crippen molar-refractivity contribution in [1.82, 2.24) is 15.5 Å². The topological polar surface area (TPSA) is 111 Å². The summed E-state index contributed by atoms with van der Waals surface area (Å²) < 4.78 is 26.1. The quantitative estimate of drug-likeness (QED) is 0.487. The molecular weight excluding hydrogens is 490 g/mol. The molecule has 0 aliphatic carbocycles. The van der Waals surface area contributed by atoms with E-state index in [1.54, 1.807) is 29.2 Å². The molecule has 3 N–H and O–H groups in total. The van der Waals surface area contributed by atoms with Crippen LogP contribution < -0.4 is 20.3 Å². The third kappa shape index (κ3) is 6.65. The fourth-order valence-corrected chi connectivity index (χ4v) is 4.96. The molecule has 2 aromatic rings. The molecule has 0 radical (unpaired) electrons. The summed E-state index contributed by atoms with van der Waals surface area (Å²) in [4.78, 5) is 29.9. The van der Waals surface area contributed by atoms with Gasteiger partial charge in [-0.05, 0) is 42.8 Å². The highest BCUT2D eigenvalue weighted by Gasteiger charge is 2.32. The zero-order valence-corrected chi connectivity index (χ0v) is 21.1. The van der Waals surface area contributed by atoms with Crippen molar-refractivity contribution >= 4 is 44.8 Å². The van der Waals surface area contributed by atoms with E-state index in [9.17, 15) is 18.0 Å². The highest BCUT2D eigenvalue weighted by molar-refractivity contribution is 7.92. The van der Waals surface area contributed by atoms with Gasteiger partial charge < -0.3 is 20.4 Å². The lowest BCUT2D eigenvalue weighted by Gasteiger charge is -2.38. The van der Waals surface area contributed by atoms with Gasteiger partial charge in [-0.1, -0.05) is 35.9 Å². The highest BCUT2D eigenvalue weighted by atomic mass is 35.5. The molecule has 2 amide bonds. The number of nitrogens with zero attached hydrogens (tertiary/aromatic N) is 2. The molecule has 9 nitrogen and oxygen atoms in total. The van der Waals surface area contributed by atoms with Gasteiger partial charge >= 0.3 is 0 Å². The Bertz CT molecular complexity index is 1160. The van der Waals surface area contributed by atoms with E-state index in [0.717, 1.165) is 30.5 Å². The van der Waals surface area contributed by atoms with Crippen LogP contribution in [0.1, 0.15) is 12.0 Å². The first-order valence-electron chi connectivity index (χ1n) is 11.6. The second kappa shape index (κ2) is 10.8. The van der Waals surface area contributed by atoms with E-state index >= 15 is 0 Å². The minimum Gasteiger partial charge on any atom is -0.366 e. The first-order valence-corrected chi connectivity index (χ1v) is 13.9. The Morgan fingerprint density at radius 1 is 1.09 bits per heavy atom. The van der Waals surface area contributed by atoms with Gasteiger partial charge in [0, 0.05) is 37.6 Å². The van der Waals surface area contributed by atoms with Crippen LogP contribution >= 0.6 is 11.6 Å². The van der Waals surface area contributed by atoms with Gasteiger partial charge in [-0.25, -0.2) is 8.42 Å². The number of carbonyl (C=O) groups is 2. The van der Waals surface area contributed by atoms with Crippen LogP contribution in [-0.4, -0.2) is 76.2 Å².